The second kappa shape index (κ2) is 7.92. The fraction of sp³-hybridized carbons (Fsp3) is 0.750. The van der Waals surface area contributed by atoms with Gasteiger partial charge in [0.25, 0.3) is 0 Å². The van der Waals surface area contributed by atoms with Crippen LogP contribution < -0.4 is 5.32 Å². The molecule has 2 N–H and O–H groups in total. The summed E-state index contributed by atoms with van der Waals surface area (Å²) in [6.45, 7) is 5.65. The second-order valence-electron chi connectivity index (χ2n) is 6.57. The van der Waals surface area contributed by atoms with Crippen LogP contribution in [0.5, 0.6) is 0 Å². The Morgan fingerprint density at radius 1 is 1.38 bits per heavy atom. The molecule has 0 aliphatic heterocycles. The Bertz CT molecular complexity index is 408. The van der Waals surface area contributed by atoms with E-state index >= 15 is 0 Å². The summed E-state index contributed by atoms with van der Waals surface area (Å²) in [4.78, 5) is 24.4. The van der Waals surface area contributed by atoms with Crippen molar-refractivity contribution >= 4 is 12.0 Å². The topological polar surface area (TPSA) is 69.6 Å². The normalized spacial score (nSPS) is 14.3. The number of nitrogens with one attached hydrogen (secondary N) is 1. The first kappa shape index (κ1) is 17.4. The standard InChI is InChI=1S/C16H26N2O3/c1-4-11-18(12-13-5-6-13)15(21)17-10-9-16(2,3)8-7-14(19)20/h1,13H,5-12H2,2-3H3,(H,17,21)(H,19,20). The van der Waals surface area contributed by atoms with Gasteiger partial charge >= 0.3 is 12.0 Å². The van der Waals surface area contributed by atoms with Crippen LogP contribution in [0, 0.1) is 23.7 Å². The zero-order valence-corrected chi connectivity index (χ0v) is 13.0. The van der Waals surface area contributed by atoms with E-state index in [2.05, 4.69) is 11.2 Å². The molecule has 1 saturated carbocycles. The molecule has 0 spiro atoms. The van der Waals surface area contributed by atoms with Gasteiger partial charge in [0.2, 0.25) is 0 Å². The molecule has 21 heavy (non-hydrogen) atoms. The summed E-state index contributed by atoms with van der Waals surface area (Å²) < 4.78 is 0. The Labute approximate surface area is 127 Å². The molecule has 0 heterocycles. The molecule has 118 valence electrons. The summed E-state index contributed by atoms with van der Waals surface area (Å²) in [5, 5.41) is 11.6. The number of hydrogen-bond donors (Lipinski definition) is 2. The van der Waals surface area contributed by atoms with Crippen molar-refractivity contribution < 1.29 is 14.7 Å². The quantitative estimate of drug-likeness (QED) is 0.641. The van der Waals surface area contributed by atoms with Gasteiger partial charge in [-0.05, 0) is 37.0 Å². The molecule has 5 nitrogen and oxygen atoms in total. The Balaban J connectivity index is 2.29. The molecule has 0 unspecified atom stereocenters. The number of carboxylic acid groups (broad SMARTS) is 1. The monoisotopic (exact) mass is 294 g/mol. The first-order valence-electron chi connectivity index (χ1n) is 7.52. The fourth-order valence-electron chi connectivity index (χ4n) is 2.13. The van der Waals surface area contributed by atoms with E-state index in [0.717, 1.165) is 13.0 Å². The van der Waals surface area contributed by atoms with E-state index in [-0.39, 0.29) is 17.9 Å². The summed E-state index contributed by atoms with van der Waals surface area (Å²) in [7, 11) is 0. The Morgan fingerprint density at radius 2 is 2.05 bits per heavy atom. The lowest BCUT2D eigenvalue weighted by Gasteiger charge is -2.25. The lowest BCUT2D eigenvalue weighted by molar-refractivity contribution is -0.137. The highest BCUT2D eigenvalue weighted by Crippen LogP contribution is 2.29. The zero-order valence-electron chi connectivity index (χ0n) is 13.0. The average molecular weight is 294 g/mol. The highest BCUT2D eigenvalue weighted by atomic mass is 16.4. The molecule has 0 aromatic carbocycles. The van der Waals surface area contributed by atoms with Crippen molar-refractivity contribution in [2.75, 3.05) is 19.6 Å². The lowest BCUT2D eigenvalue weighted by Crippen LogP contribution is -2.42. The van der Waals surface area contributed by atoms with Gasteiger partial charge in [-0.1, -0.05) is 19.8 Å². The highest BCUT2D eigenvalue weighted by molar-refractivity contribution is 5.74. The molecular formula is C16H26N2O3. The Morgan fingerprint density at radius 3 is 2.57 bits per heavy atom. The summed E-state index contributed by atoms with van der Waals surface area (Å²) in [5.74, 6) is 2.35. The van der Waals surface area contributed by atoms with E-state index in [9.17, 15) is 9.59 Å². The van der Waals surface area contributed by atoms with Crippen LogP contribution >= 0.6 is 0 Å². The smallest absolute Gasteiger partial charge is 0.318 e. The maximum absolute atomic E-state index is 12.1. The molecule has 1 aliphatic carbocycles. The molecule has 2 amide bonds. The number of nitrogens with zero attached hydrogens (tertiary/aromatic N) is 1. The first-order chi connectivity index (χ1) is 9.84. The van der Waals surface area contributed by atoms with E-state index in [1.807, 2.05) is 13.8 Å². The molecule has 1 rings (SSSR count). The summed E-state index contributed by atoms with van der Waals surface area (Å²) in [5.41, 5.74) is -0.0981. The van der Waals surface area contributed by atoms with Gasteiger partial charge in [0.05, 0.1) is 6.54 Å². The largest absolute Gasteiger partial charge is 0.481 e. The number of aliphatic carboxylic acids is 1. The van der Waals surface area contributed by atoms with Crippen molar-refractivity contribution in [1.82, 2.24) is 10.2 Å². The van der Waals surface area contributed by atoms with E-state index < -0.39 is 5.97 Å². The van der Waals surface area contributed by atoms with Crippen LogP contribution in [0.1, 0.15) is 46.0 Å². The van der Waals surface area contributed by atoms with E-state index in [4.69, 9.17) is 11.5 Å². The molecule has 5 heteroatoms. The van der Waals surface area contributed by atoms with Crippen molar-refractivity contribution in [2.24, 2.45) is 11.3 Å². The highest BCUT2D eigenvalue weighted by Gasteiger charge is 2.26. The lowest BCUT2D eigenvalue weighted by atomic mass is 9.84. The first-order valence-corrected chi connectivity index (χ1v) is 7.52. The predicted octanol–water partition coefficient (Wildman–Crippen LogP) is 2.32. The number of urea groups is 1. The summed E-state index contributed by atoms with van der Waals surface area (Å²) in [6, 6.07) is -0.117. The number of amides is 2. The van der Waals surface area contributed by atoms with Crippen molar-refractivity contribution in [2.45, 2.75) is 46.0 Å². The minimum absolute atomic E-state index is 0.0981. The van der Waals surface area contributed by atoms with Crippen molar-refractivity contribution in [3.8, 4) is 12.3 Å². The number of carboxylic acids is 1. The summed E-state index contributed by atoms with van der Waals surface area (Å²) >= 11 is 0. The van der Waals surface area contributed by atoms with Gasteiger partial charge in [-0.3, -0.25) is 4.79 Å². The average Bonchev–Trinajstić information content (AvgIpc) is 3.20. The summed E-state index contributed by atoms with van der Waals surface area (Å²) in [6.07, 6.45) is 9.17. The number of carbonyl (C=O) groups excluding carboxylic acids is 1. The zero-order chi connectivity index (χ0) is 15.9. The maximum atomic E-state index is 12.1. The van der Waals surface area contributed by atoms with Gasteiger partial charge in [-0.2, -0.15) is 0 Å². The van der Waals surface area contributed by atoms with Gasteiger partial charge in [0, 0.05) is 19.5 Å². The Kier molecular flexibility index (Phi) is 6.54. The van der Waals surface area contributed by atoms with Gasteiger partial charge < -0.3 is 15.3 Å². The molecule has 0 aromatic rings. The minimum atomic E-state index is -0.781. The van der Waals surface area contributed by atoms with Crippen molar-refractivity contribution in [3.05, 3.63) is 0 Å². The molecule has 0 atom stereocenters. The number of rotatable bonds is 9. The van der Waals surface area contributed by atoms with E-state index in [1.165, 1.54) is 12.8 Å². The molecular weight excluding hydrogens is 268 g/mol. The van der Waals surface area contributed by atoms with Crippen molar-refractivity contribution in [1.29, 1.82) is 0 Å². The third-order valence-corrected chi connectivity index (χ3v) is 3.84. The SMILES string of the molecule is C#CCN(CC1CC1)C(=O)NCCC(C)(C)CCC(=O)O. The van der Waals surface area contributed by atoms with Gasteiger partial charge in [0.15, 0.2) is 0 Å². The minimum Gasteiger partial charge on any atom is -0.481 e. The van der Waals surface area contributed by atoms with Crippen molar-refractivity contribution in [3.63, 3.8) is 0 Å². The molecule has 0 radical (unpaired) electrons. The van der Waals surface area contributed by atoms with Crippen LogP contribution in [0.25, 0.3) is 0 Å². The van der Waals surface area contributed by atoms with Gasteiger partial charge in [0.1, 0.15) is 0 Å². The molecule has 0 saturated heterocycles. The molecule has 1 fully saturated rings. The maximum Gasteiger partial charge on any atom is 0.318 e. The van der Waals surface area contributed by atoms with Crippen LogP contribution in [0.15, 0.2) is 0 Å². The van der Waals surface area contributed by atoms with Gasteiger partial charge in [-0.25, -0.2) is 4.79 Å². The second-order valence-corrected chi connectivity index (χ2v) is 6.57. The molecule has 1 aliphatic rings. The molecule has 0 bridgehead atoms. The van der Waals surface area contributed by atoms with E-state index in [0.29, 0.717) is 25.4 Å². The fourth-order valence-corrected chi connectivity index (χ4v) is 2.13. The predicted molar refractivity (Wildman–Crippen MR) is 81.8 cm³/mol. The number of terminal acetylenes is 1. The van der Waals surface area contributed by atoms with Crippen LogP contribution in [-0.2, 0) is 4.79 Å². The van der Waals surface area contributed by atoms with Crippen LogP contribution in [0.2, 0.25) is 0 Å². The number of carbonyl (C=O) groups is 2. The van der Waals surface area contributed by atoms with Crippen LogP contribution in [0.3, 0.4) is 0 Å². The Hall–Kier alpha value is -1.70. The van der Waals surface area contributed by atoms with Gasteiger partial charge in [-0.15, -0.1) is 6.42 Å². The molecule has 0 aromatic heterocycles. The third kappa shape index (κ3) is 7.60. The van der Waals surface area contributed by atoms with E-state index in [1.54, 1.807) is 4.90 Å². The van der Waals surface area contributed by atoms with Crippen LogP contribution in [-0.4, -0.2) is 41.6 Å². The van der Waals surface area contributed by atoms with Crippen LogP contribution in [0.4, 0.5) is 4.79 Å². The third-order valence-electron chi connectivity index (χ3n) is 3.84. The number of hydrogen-bond acceptors (Lipinski definition) is 2.